The lowest BCUT2D eigenvalue weighted by Gasteiger charge is -2.39. The number of carbonyl (C=O) groups excluding carboxylic acids is 2. The van der Waals surface area contributed by atoms with Crippen molar-refractivity contribution in [3.63, 3.8) is 0 Å². The van der Waals surface area contributed by atoms with Crippen molar-refractivity contribution in [3.8, 4) is 0 Å². The van der Waals surface area contributed by atoms with Crippen LogP contribution in [0.15, 0.2) is 0 Å². The largest absolute Gasteiger partial charge is 0.341 e. The summed E-state index contributed by atoms with van der Waals surface area (Å²) in [6.45, 7) is 14.0. The fourth-order valence-electron chi connectivity index (χ4n) is 5.01. The Balaban J connectivity index is 1.39. The second-order valence-electron chi connectivity index (χ2n) is 9.23. The number of amides is 2. The molecule has 0 aromatic carbocycles. The molecule has 3 aliphatic rings. The van der Waals surface area contributed by atoms with Crippen molar-refractivity contribution in [1.82, 2.24) is 19.6 Å². The Hall–Kier alpha value is -1.14. The molecule has 0 radical (unpaired) electrons. The second-order valence-corrected chi connectivity index (χ2v) is 9.23. The number of piperidine rings is 2. The van der Waals surface area contributed by atoms with Gasteiger partial charge in [0, 0.05) is 51.9 Å². The molecule has 0 aromatic rings. The van der Waals surface area contributed by atoms with Crippen LogP contribution in [0.25, 0.3) is 0 Å². The zero-order valence-electron chi connectivity index (χ0n) is 17.5. The topological polar surface area (TPSA) is 47.1 Å². The van der Waals surface area contributed by atoms with Gasteiger partial charge in [-0.1, -0.05) is 13.8 Å². The zero-order valence-corrected chi connectivity index (χ0v) is 17.5. The zero-order chi connectivity index (χ0) is 19.4. The first-order valence-electron chi connectivity index (χ1n) is 10.9. The van der Waals surface area contributed by atoms with Crippen LogP contribution in [0, 0.1) is 11.8 Å². The van der Waals surface area contributed by atoms with E-state index < -0.39 is 0 Å². The number of carbonyl (C=O) groups is 2. The van der Waals surface area contributed by atoms with Gasteiger partial charge in [-0.2, -0.15) is 0 Å². The lowest BCUT2D eigenvalue weighted by atomic mass is 9.92. The summed E-state index contributed by atoms with van der Waals surface area (Å²) in [5, 5.41) is 0. The minimum absolute atomic E-state index is 0.278. The molecule has 0 bridgehead atoms. The molecule has 3 fully saturated rings. The Morgan fingerprint density at radius 2 is 1.33 bits per heavy atom. The SMILES string of the molecule is CC1CC(C)CN(C(=O)CN2CCN(CC(=O)N3CCCCC3C)CC2)C1. The van der Waals surface area contributed by atoms with Crippen molar-refractivity contribution in [2.75, 3.05) is 58.9 Å². The highest BCUT2D eigenvalue weighted by Gasteiger charge is 2.29. The van der Waals surface area contributed by atoms with Crippen molar-refractivity contribution in [1.29, 1.82) is 0 Å². The summed E-state index contributed by atoms with van der Waals surface area (Å²) in [6.07, 6.45) is 4.74. The Morgan fingerprint density at radius 1 is 0.778 bits per heavy atom. The lowest BCUT2D eigenvalue weighted by Crippen LogP contribution is -2.54. The normalized spacial score (nSPS) is 31.1. The molecule has 154 valence electrons. The van der Waals surface area contributed by atoms with Gasteiger partial charge in [0.1, 0.15) is 0 Å². The van der Waals surface area contributed by atoms with Crippen LogP contribution in [-0.2, 0) is 9.59 Å². The molecule has 27 heavy (non-hydrogen) atoms. The van der Waals surface area contributed by atoms with Gasteiger partial charge in [0.2, 0.25) is 11.8 Å². The Kier molecular flexibility index (Phi) is 7.15. The Bertz CT molecular complexity index is 508. The van der Waals surface area contributed by atoms with Gasteiger partial charge in [0.05, 0.1) is 13.1 Å². The van der Waals surface area contributed by atoms with E-state index in [9.17, 15) is 9.59 Å². The molecule has 3 saturated heterocycles. The summed E-state index contributed by atoms with van der Waals surface area (Å²) in [5.74, 6) is 1.78. The molecule has 6 nitrogen and oxygen atoms in total. The molecule has 0 N–H and O–H groups in total. The predicted molar refractivity (Wildman–Crippen MR) is 107 cm³/mol. The molecular weight excluding hydrogens is 340 g/mol. The van der Waals surface area contributed by atoms with Crippen LogP contribution in [0.4, 0.5) is 0 Å². The number of likely N-dealkylation sites (tertiary alicyclic amines) is 2. The molecule has 3 heterocycles. The fourth-order valence-corrected chi connectivity index (χ4v) is 5.01. The van der Waals surface area contributed by atoms with Gasteiger partial charge < -0.3 is 9.80 Å². The molecule has 3 rings (SSSR count). The number of hydrogen-bond donors (Lipinski definition) is 0. The van der Waals surface area contributed by atoms with Crippen molar-refractivity contribution in [2.45, 2.75) is 52.5 Å². The van der Waals surface area contributed by atoms with Crippen LogP contribution in [0.5, 0.6) is 0 Å². The summed E-state index contributed by atoms with van der Waals surface area (Å²) >= 11 is 0. The minimum Gasteiger partial charge on any atom is -0.341 e. The summed E-state index contributed by atoms with van der Waals surface area (Å²) in [7, 11) is 0. The molecule has 0 spiro atoms. The average Bonchev–Trinajstić information content (AvgIpc) is 2.63. The number of nitrogens with zero attached hydrogens (tertiary/aromatic N) is 4. The van der Waals surface area contributed by atoms with Crippen molar-refractivity contribution in [3.05, 3.63) is 0 Å². The summed E-state index contributed by atoms with van der Waals surface area (Å²) < 4.78 is 0. The fraction of sp³-hybridized carbons (Fsp3) is 0.905. The first-order chi connectivity index (χ1) is 12.9. The van der Waals surface area contributed by atoms with Crippen LogP contribution >= 0.6 is 0 Å². The van der Waals surface area contributed by atoms with Gasteiger partial charge in [0.15, 0.2) is 0 Å². The van der Waals surface area contributed by atoms with Crippen LogP contribution in [0.1, 0.15) is 46.5 Å². The molecule has 3 atom stereocenters. The molecule has 3 aliphatic heterocycles. The number of hydrogen-bond acceptors (Lipinski definition) is 4. The monoisotopic (exact) mass is 378 g/mol. The van der Waals surface area contributed by atoms with Crippen LogP contribution in [0.2, 0.25) is 0 Å². The summed E-state index contributed by atoms with van der Waals surface area (Å²) in [5.41, 5.74) is 0. The van der Waals surface area contributed by atoms with Gasteiger partial charge in [-0.15, -0.1) is 0 Å². The van der Waals surface area contributed by atoms with Gasteiger partial charge in [-0.05, 0) is 44.4 Å². The third kappa shape index (κ3) is 5.67. The van der Waals surface area contributed by atoms with E-state index in [0.29, 0.717) is 31.0 Å². The van der Waals surface area contributed by atoms with E-state index in [-0.39, 0.29) is 11.8 Å². The van der Waals surface area contributed by atoms with Gasteiger partial charge in [-0.25, -0.2) is 0 Å². The minimum atomic E-state index is 0.278. The molecule has 0 aliphatic carbocycles. The smallest absolute Gasteiger partial charge is 0.236 e. The standard InChI is InChI=1S/C21H38N4O2/c1-17-12-18(2)14-24(13-17)20(26)15-22-8-10-23(11-9-22)16-21(27)25-7-5-4-6-19(25)3/h17-19H,4-16H2,1-3H3. The van der Waals surface area contributed by atoms with Crippen LogP contribution < -0.4 is 0 Å². The summed E-state index contributed by atoms with van der Waals surface area (Å²) in [4.78, 5) is 33.9. The van der Waals surface area contributed by atoms with E-state index in [1.807, 2.05) is 0 Å². The second kappa shape index (κ2) is 9.37. The number of piperazine rings is 1. The first-order valence-corrected chi connectivity index (χ1v) is 10.9. The van der Waals surface area contributed by atoms with Crippen molar-refractivity contribution in [2.24, 2.45) is 11.8 Å². The quantitative estimate of drug-likeness (QED) is 0.744. The predicted octanol–water partition coefficient (Wildman–Crippen LogP) is 1.51. The third-order valence-corrected chi connectivity index (χ3v) is 6.53. The number of rotatable bonds is 4. The molecule has 2 amide bonds. The van der Waals surface area contributed by atoms with Crippen molar-refractivity contribution >= 4 is 11.8 Å². The Morgan fingerprint density at radius 3 is 1.89 bits per heavy atom. The molecule has 3 unspecified atom stereocenters. The van der Waals surface area contributed by atoms with E-state index >= 15 is 0 Å². The highest BCUT2D eigenvalue weighted by molar-refractivity contribution is 5.79. The molecular formula is C21H38N4O2. The average molecular weight is 379 g/mol. The van der Waals surface area contributed by atoms with E-state index in [1.54, 1.807) is 0 Å². The van der Waals surface area contributed by atoms with Crippen LogP contribution in [0.3, 0.4) is 0 Å². The summed E-state index contributed by atoms with van der Waals surface area (Å²) in [6, 6.07) is 0.388. The highest BCUT2D eigenvalue weighted by atomic mass is 16.2. The molecule has 6 heteroatoms. The Labute approximate surface area is 164 Å². The van der Waals surface area contributed by atoms with Gasteiger partial charge in [-0.3, -0.25) is 19.4 Å². The van der Waals surface area contributed by atoms with Crippen molar-refractivity contribution < 1.29 is 9.59 Å². The van der Waals surface area contributed by atoms with E-state index in [0.717, 1.165) is 58.7 Å². The molecule has 0 saturated carbocycles. The van der Waals surface area contributed by atoms with Gasteiger partial charge in [0.25, 0.3) is 0 Å². The molecule has 0 aromatic heterocycles. The maximum atomic E-state index is 12.7. The van der Waals surface area contributed by atoms with Gasteiger partial charge >= 0.3 is 0 Å². The highest BCUT2D eigenvalue weighted by Crippen LogP contribution is 2.21. The first kappa shape index (κ1) is 20.6. The lowest BCUT2D eigenvalue weighted by molar-refractivity contribution is -0.138. The van der Waals surface area contributed by atoms with E-state index in [1.165, 1.54) is 12.8 Å². The van der Waals surface area contributed by atoms with E-state index in [4.69, 9.17) is 0 Å². The maximum Gasteiger partial charge on any atom is 0.236 e. The third-order valence-electron chi connectivity index (χ3n) is 6.53. The van der Waals surface area contributed by atoms with Crippen LogP contribution in [-0.4, -0.2) is 96.4 Å². The van der Waals surface area contributed by atoms with E-state index in [2.05, 4.69) is 40.4 Å². The maximum absolute atomic E-state index is 12.7.